The quantitative estimate of drug-likeness (QED) is 0.807. The number of urea groups is 1. The first-order chi connectivity index (χ1) is 13.7. The van der Waals surface area contributed by atoms with Crippen LogP contribution in [0.25, 0.3) is 0 Å². The topological polar surface area (TPSA) is 63.1 Å². The van der Waals surface area contributed by atoms with Gasteiger partial charge in [0, 0.05) is 19.0 Å². The van der Waals surface area contributed by atoms with Crippen LogP contribution in [-0.4, -0.2) is 26.8 Å². The number of benzene rings is 1. The molecule has 1 fully saturated rings. The van der Waals surface area contributed by atoms with Crippen molar-refractivity contribution in [1.29, 1.82) is 0 Å². The number of nitrogens with one attached hydrogen (secondary N) is 1. The van der Waals surface area contributed by atoms with Crippen LogP contribution in [-0.2, 0) is 19.5 Å². The van der Waals surface area contributed by atoms with Gasteiger partial charge in [0.25, 0.3) is 0 Å². The van der Waals surface area contributed by atoms with E-state index in [1.165, 1.54) is 25.7 Å². The number of hydrogen-bond acceptors (Lipinski definition) is 3. The number of rotatable bonds is 4. The summed E-state index contributed by atoms with van der Waals surface area (Å²) in [6, 6.07) is 7.64. The van der Waals surface area contributed by atoms with Crippen molar-refractivity contribution in [2.75, 3.05) is 4.90 Å². The zero-order valence-corrected chi connectivity index (χ0v) is 17.0. The summed E-state index contributed by atoms with van der Waals surface area (Å²) in [4.78, 5) is 14.9. The van der Waals surface area contributed by atoms with Crippen LogP contribution in [0.1, 0.15) is 63.0 Å². The summed E-state index contributed by atoms with van der Waals surface area (Å²) in [5, 5.41) is 12.6. The molecule has 0 bridgehead atoms. The summed E-state index contributed by atoms with van der Waals surface area (Å²) in [5.74, 6) is 1.86. The van der Waals surface area contributed by atoms with Gasteiger partial charge in [-0.05, 0) is 37.8 Å². The summed E-state index contributed by atoms with van der Waals surface area (Å²) < 4.78 is 2.19. The van der Waals surface area contributed by atoms with Gasteiger partial charge in [-0.1, -0.05) is 49.4 Å². The van der Waals surface area contributed by atoms with Crippen molar-refractivity contribution in [1.82, 2.24) is 20.1 Å². The molecule has 1 N–H and O–H groups in total. The Balaban J connectivity index is 1.59. The number of hydrogen-bond donors (Lipinski definition) is 1. The third kappa shape index (κ3) is 4.32. The summed E-state index contributed by atoms with van der Waals surface area (Å²) in [5.41, 5.74) is 0.712. The molecule has 1 aliphatic heterocycles. The molecular weight excluding hydrogens is 374 g/mol. The number of aryl methyl sites for hydroxylation is 1. The number of aromatic nitrogens is 3. The van der Waals surface area contributed by atoms with E-state index in [-0.39, 0.29) is 12.1 Å². The van der Waals surface area contributed by atoms with E-state index in [9.17, 15) is 4.79 Å². The molecule has 1 aromatic heterocycles. The molecule has 0 saturated heterocycles. The lowest BCUT2D eigenvalue weighted by molar-refractivity contribution is 0.237. The predicted octanol–water partition coefficient (Wildman–Crippen LogP) is 4.71. The second kappa shape index (κ2) is 8.95. The summed E-state index contributed by atoms with van der Waals surface area (Å²) in [6.07, 6.45) is 10.1. The second-order valence-electron chi connectivity index (χ2n) is 7.82. The fourth-order valence-electron chi connectivity index (χ4n) is 4.24. The van der Waals surface area contributed by atoms with E-state index in [1.54, 1.807) is 4.90 Å². The highest BCUT2D eigenvalue weighted by molar-refractivity contribution is 6.33. The zero-order valence-electron chi connectivity index (χ0n) is 16.2. The highest BCUT2D eigenvalue weighted by Gasteiger charge is 2.25. The van der Waals surface area contributed by atoms with Crippen LogP contribution in [0.4, 0.5) is 10.5 Å². The molecule has 6 nitrogen and oxygen atoms in total. The van der Waals surface area contributed by atoms with Gasteiger partial charge in [-0.15, -0.1) is 10.2 Å². The number of fused-ring (bicyclic) bond motifs is 1. The molecule has 7 heteroatoms. The Morgan fingerprint density at radius 2 is 1.89 bits per heavy atom. The second-order valence-corrected chi connectivity index (χ2v) is 8.22. The maximum absolute atomic E-state index is 13.2. The highest BCUT2D eigenvalue weighted by Crippen LogP contribution is 2.28. The molecule has 4 rings (SSSR count). The number of amides is 2. The maximum Gasteiger partial charge on any atom is 0.322 e. The van der Waals surface area contributed by atoms with E-state index in [1.807, 2.05) is 24.3 Å². The summed E-state index contributed by atoms with van der Waals surface area (Å²) in [7, 11) is 0. The van der Waals surface area contributed by atoms with E-state index in [0.717, 1.165) is 50.3 Å². The average Bonchev–Trinajstić information content (AvgIpc) is 2.93. The molecule has 150 valence electrons. The molecule has 2 amide bonds. The number of halogens is 1. The van der Waals surface area contributed by atoms with Crippen LogP contribution in [0.2, 0.25) is 5.02 Å². The normalized spacial score (nSPS) is 17.6. The number of nitrogens with zero attached hydrogens (tertiary/aromatic N) is 4. The largest absolute Gasteiger partial charge is 0.335 e. The number of para-hydroxylation sites is 1. The Morgan fingerprint density at radius 3 is 2.71 bits per heavy atom. The molecule has 1 saturated carbocycles. The lowest BCUT2D eigenvalue weighted by Gasteiger charge is -2.29. The molecule has 0 unspecified atom stereocenters. The standard InChI is InChI=1S/C21H28ClN5O/c22-17-11-6-7-12-18(17)27(21(28)23-16-9-3-1-4-10-16)15-20-25-24-19-13-5-2-8-14-26(19)20/h6-7,11-12,16H,1-5,8-10,13-15H2,(H,23,28). The van der Waals surface area contributed by atoms with Gasteiger partial charge >= 0.3 is 6.03 Å². The van der Waals surface area contributed by atoms with Crippen molar-refractivity contribution < 1.29 is 4.79 Å². The van der Waals surface area contributed by atoms with Gasteiger partial charge in [0.15, 0.2) is 5.82 Å². The molecule has 28 heavy (non-hydrogen) atoms. The van der Waals surface area contributed by atoms with Crippen molar-refractivity contribution in [3.8, 4) is 0 Å². The summed E-state index contributed by atoms with van der Waals surface area (Å²) >= 11 is 6.45. The third-order valence-corrected chi connectivity index (χ3v) is 6.13. The van der Waals surface area contributed by atoms with E-state index in [4.69, 9.17) is 11.6 Å². The first-order valence-electron chi connectivity index (χ1n) is 10.5. The minimum Gasteiger partial charge on any atom is -0.335 e. The maximum atomic E-state index is 13.2. The van der Waals surface area contributed by atoms with Crippen LogP contribution in [0.15, 0.2) is 24.3 Å². The van der Waals surface area contributed by atoms with Gasteiger partial charge in [0.2, 0.25) is 0 Å². The highest BCUT2D eigenvalue weighted by atomic mass is 35.5. The zero-order chi connectivity index (χ0) is 19.3. The van der Waals surface area contributed by atoms with Crippen LogP contribution >= 0.6 is 11.6 Å². The Morgan fingerprint density at radius 1 is 1.11 bits per heavy atom. The molecule has 0 atom stereocenters. The minimum atomic E-state index is -0.106. The molecule has 1 aromatic carbocycles. The van der Waals surface area contributed by atoms with Gasteiger partial charge in [-0.2, -0.15) is 0 Å². The van der Waals surface area contributed by atoms with E-state index < -0.39 is 0 Å². The van der Waals surface area contributed by atoms with Crippen molar-refractivity contribution in [2.45, 2.75) is 76.9 Å². The lowest BCUT2D eigenvalue weighted by atomic mass is 9.96. The molecule has 1 aliphatic carbocycles. The molecule has 0 spiro atoms. The Kier molecular flexibility index (Phi) is 6.15. The van der Waals surface area contributed by atoms with Crippen molar-refractivity contribution in [2.24, 2.45) is 0 Å². The number of anilines is 1. The van der Waals surface area contributed by atoms with Gasteiger partial charge in [-0.3, -0.25) is 4.90 Å². The van der Waals surface area contributed by atoms with Crippen molar-refractivity contribution in [3.05, 3.63) is 40.9 Å². The SMILES string of the molecule is O=C(NC1CCCCC1)N(Cc1nnc2n1CCCCC2)c1ccccc1Cl. The van der Waals surface area contributed by atoms with E-state index in [0.29, 0.717) is 17.3 Å². The van der Waals surface area contributed by atoms with Crippen LogP contribution in [0.3, 0.4) is 0 Å². The summed E-state index contributed by atoms with van der Waals surface area (Å²) in [6.45, 7) is 1.29. The fraction of sp³-hybridized carbons (Fsp3) is 0.571. The monoisotopic (exact) mass is 401 g/mol. The van der Waals surface area contributed by atoms with Crippen LogP contribution in [0, 0.1) is 0 Å². The van der Waals surface area contributed by atoms with Gasteiger partial charge in [0.05, 0.1) is 17.3 Å². The molecule has 0 radical (unpaired) electrons. The average molecular weight is 402 g/mol. The Bertz CT molecular complexity index is 815. The molecule has 2 heterocycles. The molecule has 2 aromatic rings. The Labute approximate surface area is 171 Å². The smallest absolute Gasteiger partial charge is 0.322 e. The minimum absolute atomic E-state index is 0.106. The van der Waals surface area contributed by atoms with E-state index >= 15 is 0 Å². The van der Waals surface area contributed by atoms with Gasteiger partial charge < -0.3 is 9.88 Å². The van der Waals surface area contributed by atoms with Crippen LogP contribution in [0.5, 0.6) is 0 Å². The van der Waals surface area contributed by atoms with Gasteiger partial charge in [-0.25, -0.2) is 4.79 Å². The molecular formula is C21H28ClN5O. The third-order valence-electron chi connectivity index (χ3n) is 5.81. The van der Waals surface area contributed by atoms with Crippen molar-refractivity contribution >= 4 is 23.3 Å². The first-order valence-corrected chi connectivity index (χ1v) is 10.8. The molecule has 2 aliphatic rings. The number of carbonyl (C=O) groups excluding carboxylic acids is 1. The van der Waals surface area contributed by atoms with Crippen molar-refractivity contribution in [3.63, 3.8) is 0 Å². The predicted molar refractivity (Wildman–Crippen MR) is 111 cm³/mol. The lowest BCUT2D eigenvalue weighted by Crippen LogP contribution is -2.45. The first kappa shape index (κ1) is 19.2. The van der Waals surface area contributed by atoms with E-state index in [2.05, 4.69) is 20.1 Å². The van der Waals surface area contributed by atoms with Gasteiger partial charge in [0.1, 0.15) is 5.82 Å². The van der Waals surface area contributed by atoms with Crippen LogP contribution < -0.4 is 10.2 Å². The number of carbonyl (C=O) groups is 1. The fourth-order valence-corrected chi connectivity index (χ4v) is 4.48. The Hall–Kier alpha value is -2.08.